The molecule has 33 heavy (non-hydrogen) atoms. The number of amides is 4. The summed E-state index contributed by atoms with van der Waals surface area (Å²) < 4.78 is 40.4. The number of anilines is 1. The maximum absolute atomic E-state index is 13.6. The molecule has 2 heterocycles. The number of hydrogen-bond donors (Lipinski definition) is 3. The maximum atomic E-state index is 13.6. The molecule has 5 rings (SSSR count). The number of nitrogens with one attached hydrogen (secondary N) is 3. The lowest BCUT2D eigenvalue weighted by Crippen LogP contribution is -2.38. The third kappa shape index (κ3) is 3.61. The molecule has 10 heteroatoms. The van der Waals surface area contributed by atoms with Crippen LogP contribution in [0.5, 0.6) is 0 Å². The number of rotatable bonds is 4. The van der Waals surface area contributed by atoms with Gasteiger partial charge in [-0.25, -0.2) is 22.9 Å². The van der Waals surface area contributed by atoms with Crippen LogP contribution in [0.4, 0.5) is 23.7 Å². The van der Waals surface area contributed by atoms with Crippen molar-refractivity contribution in [2.45, 2.75) is 37.8 Å². The molecule has 0 spiro atoms. The second-order valence-corrected chi connectivity index (χ2v) is 8.18. The number of nitrogens with zero attached hydrogens (tertiary/aromatic N) is 1. The number of para-hydroxylation sites is 1. The van der Waals surface area contributed by atoms with Crippen molar-refractivity contribution >= 4 is 34.4 Å². The molecule has 1 aliphatic heterocycles. The summed E-state index contributed by atoms with van der Waals surface area (Å²) in [4.78, 5) is 41.5. The van der Waals surface area contributed by atoms with Crippen LogP contribution in [-0.4, -0.2) is 28.9 Å². The summed E-state index contributed by atoms with van der Waals surface area (Å²) in [5.41, 5.74) is 2.61. The molecular formula is C23H19F3N4O3. The number of urea groups is 1. The van der Waals surface area contributed by atoms with E-state index in [1.807, 2.05) is 24.3 Å². The topological polar surface area (TPSA) is 94.3 Å². The number of carbonyl (C=O) groups is 3. The van der Waals surface area contributed by atoms with Gasteiger partial charge in [0.1, 0.15) is 6.04 Å². The number of imide groups is 1. The maximum Gasteiger partial charge on any atom is 0.329 e. The van der Waals surface area contributed by atoms with Crippen LogP contribution >= 0.6 is 0 Å². The van der Waals surface area contributed by atoms with Crippen molar-refractivity contribution < 1.29 is 27.6 Å². The predicted octanol–water partition coefficient (Wildman–Crippen LogP) is 3.59. The van der Waals surface area contributed by atoms with Crippen molar-refractivity contribution in [3.8, 4) is 0 Å². The van der Waals surface area contributed by atoms with E-state index in [9.17, 15) is 27.6 Å². The first-order chi connectivity index (χ1) is 15.8. The van der Waals surface area contributed by atoms with Crippen LogP contribution in [0.1, 0.15) is 36.6 Å². The lowest BCUT2D eigenvalue weighted by atomic mass is 9.91. The van der Waals surface area contributed by atoms with Crippen LogP contribution in [0.2, 0.25) is 0 Å². The van der Waals surface area contributed by atoms with E-state index in [1.165, 1.54) is 0 Å². The van der Waals surface area contributed by atoms with Crippen LogP contribution in [-0.2, 0) is 16.0 Å². The molecule has 0 bridgehead atoms. The van der Waals surface area contributed by atoms with Crippen molar-refractivity contribution in [3.63, 3.8) is 0 Å². The highest BCUT2D eigenvalue weighted by molar-refractivity contribution is 6.22. The van der Waals surface area contributed by atoms with Crippen molar-refractivity contribution in [1.29, 1.82) is 0 Å². The quantitative estimate of drug-likeness (QED) is 0.414. The molecule has 4 amide bonds. The fourth-order valence-electron chi connectivity index (χ4n) is 4.58. The molecule has 0 saturated carbocycles. The third-order valence-electron chi connectivity index (χ3n) is 6.09. The Bertz CT molecular complexity index is 1280. The lowest BCUT2D eigenvalue weighted by Gasteiger charge is -2.24. The van der Waals surface area contributed by atoms with E-state index in [0.717, 1.165) is 41.4 Å². The Labute approximate surface area is 185 Å². The number of aryl methyl sites for hydroxylation is 1. The Hall–Kier alpha value is -3.82. The normalized spacial score (nSPS) is 20.2. The van der Waals surface area contributed by atoms with Crippen LogP contribution in [0.3, 0.4) is 0 Å². The lowest BCUT2D eigenvalue weighted by molar-refractivity contribution is -0.126. The van der Waals surface area contributed by atoms with Gasteiger partial charge in [0.2, 0.25) is 5.91 Å². The van der Waals surface area contributed by atoms with Crippen molar-refractivity contribution in [1.82, 2.24) is 15.6 Å². The summed E-state index contributed by atoms with van der Waals surface area (Å²) in [6, 6.07) is 6.56. The Kier molecular flexibility index (Phi) is 5.07. The minimum absolute atomic E-state index is 0.266. The number of benzene rings is 2. The summed E-state index contributed by atoms with van der Waals surface area (Å²) in [6.45, 7) is 0. The number of halogens is 3. The summed E-state index contributed by atoms with van der Waals surface area (Å²) in [6.07, 6.45) is 2.15. The Balaban J connectivity index is 1.30. The van der Waals surface area contributed by atoms with Gasteiger partial charge in [-0.15, -0.1) is 0 Å². The monoisotopic (exact) mass is 456 g/mol. The number of aromatic amines is 1. The fraction of sp³-hybridized carbons (Fsp3) is 0.261. The van der Waals surface area contributed by atoms with Gasteiger partial charge >= 0.3 is 6.03 Å². The molecule has 2 aliphatic rings. The van der Waals surface area contributed by atoms with Gasteiger partial charge in [-0.2, -0.15) is 0 Å². The van der Waals surface area contributed by atoms with Crippen LogP contribution < -0.4 is 15.5 Å². The van der Waals surface area contributed by atoms with Gasteiger partial charge in [0.15, 0.2) is 17.5 Å². The fourth-order valence-corrected chi connectivity index (χ4v) is 4.58. The third-order valence-corrected chi connectivity index (χ3v) is 6.09. The highest BCUT2D eigenvalue weighted by Crippen LogP contribution is 2.34. The first kappa shape index (κ1) is 21.0. The zero-order chi connectivity index (χ0) is 23.3. The number of hydrogen-bond acceptors (Lipinski definition) is 3. The molecule has 1 aliphatic carbocycles. The van der Waals surface area contributed by atoms with Gasteiger partial charge in [-0.05, 0) is 30.9 Å². The van der Waals surface area contributed by atoms with Gasteiger partial charge in [-0.1, -0.05) is 18.2 Å². The zero-order valence-electron chi connectivity index (χ0n) is 17.3. The van der Waals surface area contributed by atoms with Gasteiger partial charge in [0, 0.05) is 28.7 Å². The molecule has 1 aromatic heterocycles. The average Bonchev–Trinajstić information content (AvgIpc) is 3.29. The predicted molar refractivity (Wildman–Crippen MR) is 113 cm³/mol. The molecule has 170 valence electrons. The van der Waals surface area contributed by atoms with Crippen LogP contribution in [0, 0.1) is 17.5 Å². The minimum atomic E-state index is -1.70. The van der Waals surface area contributed by atoms with E-state index >= 15 is 0 Å². The Morgan fingerprint density at radius 3 is 2.61 bits per heavy atom. The molecule has 3 aromatic rings. The molecule has 1 fully saturated rings. The van der Waals surface area contributed by atoms with E-state index in [-0.39, 0.29) is 12.5 Å². The highest BCUT2D eigenvalue weighted by atomic mass is 19.2. The summed E-state index contributed by atoms with van der Waals surface area (Å²) in [5.74, 6) is -6.07. The molecule has 3 N–H and O–H groups in total. The van der Waals surface area contributed by atoms with Gasteiger partial charge < -0.3 is 15.6 Å². The highest BCUT2D eigenvalue weighted by Gasteiger charge is 2.41. The van der Waals surface area contributed by atoms with Crippen molar-refractivity contribution in [2.75, 3.05) is 4.90 Å². The second kappa shape index (κ2) is 7.95. The summed E-state index contributed by atoms with van der Waals surface area (Å²) in [5, 5.41) is 6.37. The molecule has 2 aromatic carbocycles. The zero-order valence-corrected chi connectivity index (χ0v) is 17.3. The van der Waals surface area contributed by atoms with Crippen molar-refractivity contribution in [2.24, 2.45) is 0 Å². The largest absolute Gasteiger partial charge is 0.356 e. The smallest absolute Gasteiger partial charge is 0.329 e. The average molecular weight is 456 g/mol. The molecule has 2 atom stereocenters. The van der Waals surface area contributed by atoms with Crippen molar-refractivity contribution in [3.05, 3.63) is 65.1 Å². The van der Waals surface area contributed by atoms with Gasteiger partial charge in [-0.3, -0.25) is 9.59 Å². The van der Waals surface area contributed by atoms with Crippen LogP contribution in [0.15, 0.2) is 36.4 Å². The first-order valence-corrected chi connectivity index (χ1v) is 10.5. The molecule has 0 unspecified atom stereocenters. The minimum Gasteiger partial charge on any atom is -0.356 e. The van der Waals surface area contributed by atoms with E-state index in [0.29, 0.717) is 17.0 Å². The Morgan fingerprint density at radius 2 is 1.85 bits per heavy atom. The number of H-pyrrole nitrogens is 1. The number of carbonyl (C=O) groups excluding carboxylic acids is 3. The van der Waals surface area contributed by atoms with E-state index in [2.05, 4.69) is 15.6 Å². The summed E-state index contributed by atoms with van der Waals surface area (Å²) in [7, 11) is 0. The standard InChI is InChI=1S/C23H19F3N4O3/c24-14-8-11(9-15(25)20(14)26)30-22(32)18(29-23(30)33)10-19(31)27-17-7-3-5-13-12-4-1-2-6-16(12)28-21(13)17/h1-2,4,6,8-9,17-18,28H,3,5,7,10H2,(H,27,31)(H,29,33)/t17-,18-/m0/s1. The Morgan fingerprint density at radius 1 is 1.12 bits per heavy atom. The molecular weight excluding hydrogens is 437 g/mol. The van der Waals surface area contributed by atoms with Crippen LogP contribution in [0.25, 0.3) is 10.9 Å². The first-order valence-electron chi connectivity index (χ1n) is 10.5. The number of fused-ring (bicyclic) bond motifs is 3. The van der Waals surface area contributed by atoms with Gasteiger partial charge in [0.05, 0.1) is 18.2 Å². The second-order valence-electron chi connectivity index (χ2n) is 8.18. The van der Waals surface area contributed by atoms with E-state index in [4.69, 9.17) is 0 Å². The molecule has 0 radical (unpaired) electrons. The molecule has 1 saturated heterocycles. The summed E-state index contributed by atoms with van der Waals surface area (Å²) >= 11 is 0. The number of aromatic nitrogens is 1. The van der Waals surface area contributed by atoms with Gasteiger partial charge in [0.25, 0.3) is 5.91 Å². The molecule has 7 nitrogen and oxygen atoms in total. The van der Waals surface area contributed by atoms with E-state index in [1.54, 1.807) is 0 Å². The SMILES string of the molecule is O=C(C[C@@H]1NC(=O)N(c2cc(F)c(F)c(F)c2)C1=O)N[C@H]1CCCc2c1[nH]c1ccccc21. The van der Waals surface area contributed by atoms with E-state index < -0.39 is 47.0 Å².